The van der Waals surface area contributed by atoms with E-state index in [9.17, 15) is 9.18 Å². The number of hydrogen-bond acceptors (Lipinski definition) is 3. The van der Waals surface area contributed by atoms with E-state index in [1.54, 1.807) is 17.8 Å². The van der Waals surface area contributed by atoms with E-state index in [-0.39, 0.29) is 16.9 Å². The van der Waals surface area contributed by atoms with Gasteiger partial charge in [-0.1, -0.05) is 28.9 Å². The number of benzene rings is 1. The van der Waals surface area contributed by atoms with Gasteiger partial charge < -0.3 is 0 Å². The third kappa shape index (κ3) is 3.99. The molecule has 1 aliphatic heterocycles. The van der Waals surface area contributed by atoms with Crippen LogP contribution in [0.15, 0.2) is 22.7 Å². The standard InChI is InChI=1S/C14H16BrFOS2/c1-2-13-14(19-6-5-18-13)12(17)7-9-3-4-10(16)8-11(9)15/h3-4,8,13-14H,2,5-7H2,1H3. The molecule has 2 unspecified atom stereocenters. The molecule has 104 valence electrons. The minimum atomic E-state index is -0.280. The predicted molar refractivity (Wildman–Crippen MR) is 85.6 cm³/mol. The molecule has 19 heavy (non-hydrogen) atoms. The van der Waals surface area contributed by atoms with Crippen molar-refractivity contribution in [1.82, 2.24) is 0 Å². The normalized spacial score (nSPS) is 23.3. The van der Waals surface area contributed by atoms with E-state index in [4.69, 9.17) is 0 Å². The van der Waals surface area contributed by atoms with Crippen molar-refractivity contribution in [2.24, 2.45) is 0 Å². The molecule has 1 fully saturated rings. The van der Waals surface area contributed by atoms with E-state index in [0.717, 1.165) is 23.5 Å². The lowest BCUT2D eigenvalue weighted by molar-refractivity contribution is -0.117. The number of carbonyl (C=O) groups is 1. The Labute approximate surface area is 130 Å². The van der Waals surface area contributed by atoms with E-state index in [1.165, 1.54) is 12.1 Å². The quantitative estimate of drug-likeness (QED) is 0.793. The van der Waals surface area contributed by atoms with Gasteiger partial charge in [-0.25, -0.2) is 4.39 Å². The maximum absolute atomic E-state index is 13.0. The Morgan fingerprint density at radius 1 is 1.42 bits per heavy atom. The van der Waals surface area contributed by atoms with Gasteiger partial charge in [0.05, 0.1) is 5.25 Å². The first-order chi connectivity index (χ1) is 9.11. The lowest BCUT2D eigenvalue weighted by Crippen LogP contribution is -2.33. The summed E-state index contributed by atoms with van der Waals surface area (Å²) in [6, 6.07) is 4.52. The molecule has 0 saturated carbocycles. The predicted octanol–water partition coefficient (Wildman–Crippen LogP) is 4.33. The van der Waals surface area contributed by atoms with Crippen LogP contribution in [0.3, 0.4) is 0 Å². The molecular weight excluding hydrogens is 347 g/mol. The van der Waals surface area contributed by atoms with Crippen LogP contribution in [-0.2, 0) is 11.2 Å². The van der Waals surface area contributed by atoms with Gasteiger partial charge in [0.15, 0.2) is 5.78 Å². The molecule has 2 rings (SSSR count). The van der Waals surface area contributed by atoms with E-state index in [0.29, 0.717) is 16.1 Å². The monoisotopic (exact) mass is 362 g/mol. The van der Waals surface area contributed by atoms with Crippen LogP contribution >= 0.6 is 39.5 Å². The second-order valence-corrected chi connectivity index (χ2v) is 7.94. The highest BCUT2D eigenvalue weighted by Crippen LogP contribution is 2.34. The maximum atomic E-state index is 13.0. The fourth-order valence-corrected chi connectivity index (χ4v) is 5.68. The number of hydrogen-bond donors (Lipinski definition) is 0. The molecule has 0 N–H and O–H groups in total. The highest BCUT2D eigenvalue weighted by atomic mass is 79.9. The van der Waals surface area contributed by atoms with Gasteiger partial charge >= 0.3 is 0 Å². The number of Topliss-reactive ketones (excluding diaryl/α,β-unsaturated/α-hetero) is 1. The average Bonchev–Trinajstić information content (AvgIpc) is 2.41. The summed E-state index contributed by atoms with van der Waals surface area (Å²) in [5.41, 5.74) is 0.873. The van der Waals surface area contributed by atoms with E-state index >= 15 is 0 Å². The Bertz CT molecular complexity index is 467. The van der Waals surface area contributed by atoms with Crippen molar-refractivity contribution in [2.45, 2.75) is 30.3 Å². The zero-order chi connectivity index (χ0) is 13.8. The van der Waals surface area contributed by atoms with Gasteiger partial charge in [-0.2, -0.15) is 11.8 Å². The van der Waals surface area contributed by atoms with Gasteiger partial charge in [0.25, 0.3) is 0 Å². The number of halogens is 2. The fourth-order valence-electron chi connectivity index (χ4n) is 2.15. The lowest BCUT2D eigenvalue weighted by atomic mass is 10.0. The molecule has 1 saturated heterocycles. The number of carbonyl (C=O) groups excluding carboxylic acids is 1. The van der Waals surface area contributed by atoms with Crippen molar-refractivity contribution in [3.63, 3.8) is 0 Å². The molecule has 1 aromatic rings. The molecule has 5 heteroatoms. The largest absolute Gasteiger partial charge is 0.298 e. The Morgan fingerprint density at radius 3 is 2.84 bits per heavy atom. The molecule has 0 bridgehead atoms. The summed E-state index contributed by atoms with van der Waals surface area (Å²) in [6.45, 7) is 2.14. The molecular formula is C14H16BrFOS2. The van der Waals surface area contributed by atoms with Gasteiger partial charge in [0.2, 0.25) is 0 Å². The van der Waals surface area contributed by atoms with Crippen LogP contribution in [0.2, 0.25) is 0 Å². The van der Waals surface area contributed by atoms with Crippen molar-refractivity contribution in [3.8, 4) is 0 Å². The summed E-state index contributed by atoms with van der Waals surface area (Å²) in [5.74, 6) is 2.16. The van der Waals surface area contributed by atoms with Crippen LogP contribution in [0.25, 0.3) is 0 Å². The smallest absolute Gasteiger partial charge is 0.151 e. The molecule has 1 aliphatic rings. The molecule has 0 spiro atoms. The number of rotatable bonds is 4. The Hall–Kier alpha value is -0.000000000000000111. The zero-order valence-electron chi connectivity index (χ0n) is 10.7. The van der Waals surface area contributed by atoms with Crippen molar-refractivity contribution in [3.05, 3.63) is 34.1 Å². The number of ketones is 1. The first-order valence-electron chi connectivity index (χ1n) is 6.31. The van der Waals surface area contributed by atoms with E-state index < -0.39 is 0 Å². The van der Waals surface area contributed by atoms with Crippen LogP contribution in [0.1, 0.15) is 18.9 Å². The molecule has 0 amide bonds. The summed E-state index contributed by atoms with van der Waals surface area (Å²) in [6.07, 6.45) is 1.41. The van der Waals surface area contributed by atoms with E-state index in [2.05, 4.69) is 22.9 Å². The first-order valence-corrected chi connectivity index (χ1v) is 9.20. The second-order valence-electron chi connectivity index (χ2n) is 4.49. The lowest BCUT2D eigenvalue weighted by Gasteiger charge is -2.28. The molecule has 1 nitrogen and oxygen atoms in total. The van der Waals surface area contributed by atoms with Crippen LogP contribution < -0.4 is 0 Å². The summed E-state index contributed by atoms with van der Waals surface area (Å²) < 4.78 is 13.7. The van der Waals surface area contributed by atoms with E-state index in [1.807, 2.05) is 11.8 Å². The fraction of sp³-hybridized carbons (Fsp3) is 0.500. The van der Waals surface area contributed by atoms with Crippen LogP contribution in [0.4, 0.5) is 4.39 Å². The summed E-state index contributed by atoms with van der Waals surface area (Å²) in [4.78, 5) is 12.4. The van der Waals surface area contributed by atoms with Crippen LogP contribution in [0.5, 0.6) is 0 Å². The zero-order valence-corrected chi connectivity index (χ0v) is 13.9. The molecule has 0 aliphatic carbocycles. The number of thioether (sulfide) groups is 2. The minimum Gasteiger partial charge on any atom is -0.298 e. The van der Waals surface area contributed by atoms with Crippen molar-refractivity contribution < 1.29 is 9.18 Å². The van der Waals surface area contributed by atoms with Crippen LogP contribution in [0, 0.1) is 5.82 Å². The van der Waals surface area contributed by atoms with Gasteiger partial charge in [0.1, 0.15) is 5.82 Å². The topological polar surface area (TPSA) is 17.1 Å². The highest BCUT2D eigenvalue weighted by molar-refractivity contribution is 9.10. The van der Waals surface area contributed by atoms with Crippen molar-refractivity contribution >= 4 is 45.2 Å². The maximum Gasteiger partial charge on any atom is 0.151 e. The van der Waals surface area contributed by atoms with Crippen molar-refractivity contribution in [1.29, 1.82) is 0 Å². The minimum absolute atomic E-state index is 0.0840. The summed E-state index contributed by atoms with van der Waals surface area (Å²) in [5, 5.41) is 0.506. The SMILES string of the molecule is CCC1SCCSC1C(=O)Cc1ccc(F)cc1Br. The highest BCUT2D eigenvalue weighted by Gasteiger charge is 2.30. The molecule has 2 atom stereocenters. The third-order valence-electron chi connectivity index (χ3n) is 3.15. The van der Waals surface area contributed by atoms with Gasteiger partial charge in [-0.15, -0.1) is 11.8 Å². The van der Waals surface area contributed by atoms with Gasteiger partial charge in [-0.3, -0.25) is 4.79 Å². The Balaban J connectivity index is 2.07. The average molecular weight is 363 g/mol. The second kappa shape index (κ2) is 7.14. The first kappa shape index (κ1) is 15.4. The molecule has 0 aromatic heterocycles. The van der Waals surface area contributed by atoms with Gasteiger partial charge in [0, 0.05) is 27.6 Å². The summed E-state index contributed by atoms with van der Waals surface area (Å²) >= 11 is 7.00. The Kier molecular flexibility index (Phi) is 5.78. The molecule has 1 heterocycles. The van der Waals surface area contributed by atoms with Gasteiger partial charge in [-0.05, 0) is 24.1 Å². The molecule has 1 aromatic carbocycles. The van der Waals surface area contributed by atoms with Crippen LogP contribution in [-0.4, -0.2) is 27.8 Å². The third-order valence-corrected chi connectivity index (χ3v) is 7.18. The van der Waals surface area contributed by atoms with Crippen molar-refractivity contribution in [2.75, 3.05) is 11.5 Å². The summed E-state index contributed by atoms with van der Waals surface area (Å²) in [7, 11) is 0. The Morgan fingerprint density at radius 2 is 2.16 bits per heavy atom. The molecule has 0 radical (unpaired) electrons.